The van der Waals surface area contributed by atoms with Crippen molar-refractivity contribution in [2.24, 2.45) is 11.8 Å². The molecule has 0 amide bonds. The van der Waals surface area contributed by atoms with Gasteiger partial charge in [-0.3, -0.25) is 0 Å². The van der Waals surface area contributed by atoms with Crippen LogP contribution in [0.4, 0.5) is 0 Å². The summed E-state index contributed by atoms with van der Waals surface area (Å²) >= 11 is 0. The summed E-state index contributed by atoms with van der Waals surface area (Å²) in [4.78, 5) is 0. The second-order valence-electron chi connectivity index (χ2n) is 7.96. The minimum atomic E-state index is -0.713. The van der Waals surface area contributed by atoms with Gasteiger partial charge in [0.15, 0.2) is 0 Å². The quantitative estimate of drug-likeness (QED) is 0.578. The summed E-state index contributed by atoms with van der Waals surface area (Å²) in [6.07, 6.45) is 5.47. The molecule has 2 saturated heterocycles. The molecule has 2 aliphatic heterocycles. The lowest BCUT2D eigenvalue weighted by Gasteiger charge is -2.20. The van der Waals surface area contributed by atoms with E-state index in [0.29, 0.717) is 24.4 Å². The van der Waals surface area contributed by atoms with E-state index in [-0.39, 0.29) is 37.1 Å². The van der Waals surface area contributed by atoms with E-state index in [1.807, 2.05) is 6.08 Å². The molecular weight excluding hydrogens is 360 g/mol. The van der Waals surface area contributed by atoms with Crippen molar-refractivity contribution < 1.29 is 29.2 Å². The van der Waals surface area contributed by atoms with Crippen LogP contribution in [0.15, 0.2) is 12.7 Å². The number of hydrogen-bond donors (Lipinski definition) is 2. The lowest BCUT2D eigenvalue weighted by Crippen LogP contribution is -2.32. The largest absolute Gasteiger partial charge is 0.394 e. The van der Waals surface area contributed by atoms with Crippen molar-refractivity contribution in [1.29, 1.82) is 0 Å². The summed E-state index contributed by atoms with van der Waals surface area (Å²) in [6.45, 7) is 12.1. The van der Waals surface area contributed by atoms with E-state index >= 15 is 0 Å². The Morgan fingerprint density at radius 2 is 1.39 bits per heavy atom. The van der Waals surface area contributed by atoms with Crippen LogP contribution < -0.4 is 0 Å². The van der Waals surface area contributed by atoms with Gasteiger partial charge < -0.3 is 29.2 Å². The highest BCUT2D eigenvalue weighted by molar-refractivity contribution is 4.92. The molecule has 0 aliphatic carbocycles. The number of rotatable bonds is 9. The molecule has 0 aromatic heterocycles. The highest BCUT2D eigenvalue weighted by atomic mass is 16.6. The molecule has 0 saturated carbocycles. The maximum Gasteiger partial charge on any atom is 0.0886 e. The van der Waals surface area contributed by atoms with Gasteiger partial charge >= 0.3 is 0 Å². The average Bonchev–Trinajstić information content (AvgIpc) is 3.17. The van der Waals surface area contributed by atoms with Crippen molar-refractivity contribution in [1.82, 2.24) is 0 Å². The molecule has 2 N–H and O–H groups in total. The fraction of sp³-hybridized carbons (Fsp3) is 0.909. The second-order valence-corrected chi connectivity index (χ2v) is 7.96. The van der Waals surface area contributed by atoms with Crippen LogP contribution in [0.5, 0.6) is 0 Å². The maximum atomic E-state index is 9.39. The number of hydrogen-bond acceptors (Lipinski definition) is 6. The van der Waals surface area contributed by atoms with Crippen LogP contribution in [0.2, 0.25) is 0 Å². The van der Waals surface area contributed by atoms with Gasteiger partial charge in [0.2, 0.25) is 0 Å². The Bertz CT molecular complexity index is 429. The first-order valence-electron chi connectivity index (χ1n) is 10.6. The first-order valence-corrected chi connectivity index (χ1v) is 10.6. The summed E-state index contributed by atoms with van der Waals surface area (Å²) in [7, 11) is 3.43. The van der Waals surface area contributed by atoms with Gasteiger partial charge in [-0.05, 0) is 19.3 Å². The van der Waals surface area contributed by atoms with Gasteiger partial charge in [-0.2, -0.15) is 0 Å². The molecule has 2 aliphatic rings. The molecule has 0 aromatic carbocycles. The van der Waals surface area contributed by atoms with Gasteiger partial charge in [0.25, 0.3) is 0 Å². The van der Waals surface area contributed by atoms with Crippen molar-refractivity contribution in [3.8, 4) is 0 Å². The zero-order valence-electron chi connectivity index (χ0n) is 18.5. The van der Waals surface area contributed by atoms with E-state index in [4.69, 9.17) is 24.1 Å². The Morgan fingerprint density at radius 3 is 1.79 bits per heavy atom. The molecule has 6 heteroatoms. The molecule has 9 unspecified atom stereocenters. The van der Waals surface area contributed by atoms with Crippen LogP contribution in [0.1, 0.15) is 53.4 Å². The van der Waals surface area contributed by atoms with E-state index in [9.17, 15) is 5.11 Å². The Hall–Kier alpha value is -0.500. The Balaban J connectivity index is 0.000000283. The first kappa shape index (κ1) is 25.5. The number of methoxy groups -OCH3 is 2. The highest BCUT2D eigenvalue weighted by Gasteiger charge is 2.42. The highest BCUT2D eigenvalue weighted by Crippen LogP contribution is 2.33. The van der Waals surface area contributed by atoms with Crippen molar-refractivity contribution >= 4 is 0 Å². The van der Waals surface area contributed by atoms with E-state index in [0.717, 1.165) is 19.3 Å². The predicted octanol–water partition coefficient (Wildman–Crippen LogP) is 2.95. The third-order valence-electron chi connectivity index (χ3n) is 6.10. The average molecular weight is 403 g/mol. The van der Waals surface area contributed by atoms with Gasteiger partial charge in [-0.25, -0.2) is 0 Å². The third kappa shape index (κ3) is 6.51. The smallest absolute Gasteiger partial charge is 0.0886 e. The lowest BCUT2D eigenvalue weighted by molar-refractivity contribution is -0.0404. The van der Waals surface area contributed by atoms with Crippen molar-refractivity contribution in [3.63, 3.8) is 0 Å². The molecule has 2 fully saturated rings. The zero-order chi connectivity index (χ0) is 21.3. The molecule has 166 valence electrons. The van der Waals surface area contributed by atoms with Crippen LogP contribution in [-0.2, 0) is 18.9 Å². The molecule has 0 aromatic rings. The molecule has 0 bridgehead atoms. The summed E-state index contributed by atoms with van der Waals surface area (Å²) < 4.78 is 22.5. The van der Waals surface area contributed by atoms with E-state index < -0.39 is 6.10 Å². The van der Waals surface area contributed by atoms with Gasteiger partial charge in [0.1, 0.15) is 0 Å². The summed E-state index contributed by atoms with van der Waals surface area (Å²) in [5.74, 6) is 0.843. The third-order valence-corrected chi connectivity index (χ3v) is 6.10. The van der Waals surface area contributed by atoms with Crippen LogP contribution in [0.3, 0.4) is 0 Å². The molecule has 6 nitrogen and oxygen atoms in total. The summed E-state index contributed by atoms with van der Waals surface area (Å²) in [5.41, 5.74) is 0. The molecule has 0 spiro atoms. The molecule has 2 rings (SSSR count). The Kier molecular flexibility index (Phi) is 11.8. The fourth-order valence-corrected chi connectivity index (χ4v) is 4.51. The SMILES string of the molecule is C=CCC1OC(CC)C(C)C1OC.CCC1OC(CC(O)CO)C(OC)C1C. The first-order chi connectivity index (χ1) is 13.4. The van der Waals surface area contributed by atoms with Crippen LogP contribution in [-0.4, -0.2) is 73.8 Å². The molecular formula is C22H42O6. The predicted molar refractivity (Wildman–Crippen MR) is 110 cm³/mol. The number of ether oxygens (including phenoxy) is 4. The standard InChI is InChI=1S/C11H22O4.C11H20O2/c1-4-9-7(2)11(14-3)10(15-9)5-8(13)6-12;1-5-7-10-11(12-4)8(3)9(6-2)13-10/h7-13H,4-6H2,1-3H3;5,8-11H,1,6-7H2,2-4H3. The normalized spacial score (nSPS) is 38.7. The van der Waals surface area contributed by atoms with Crippen LogP contribution >= 0.6 is 0 Å². The van der Waals surface area contributed by atoms with Crippen molar-refractivity contribution in [3.05, 3.63) is 12.7 Å². The minimum absolute atomic E-state index is 0.0242. The van der Waals surface area contributed by atoms with Crippen molar-refractivity contribution in [2.45, 2.75) is 96.1 Å². The summed E-state index contributed by atoms with van der Waals surface area (Å²) in [5, 5.41) is 18.2. The number of aliphatic hydroxyl groups is 2. The monoisotopic (exact) mass is 402 g/mol. The van der Waals surface area contributed by atoms with Crippen LogP contribution in [0.25, 0.3) is 0 Å². The number of aliphatic hydroxyl groups excluding tert-OH is 2. The van der Waals surface area contributed by atoms with Crippen LogP contribution in [0, 0.1) is 11.8 Å². The van der Waals surface area contributed by atoms with E-state index in [1.165, 1.54) is 0 Å². The topological polar surface area (TPSA) is 77.4 Å². The van der Waals surface area contributed by atoms with Gasteiger partial charge in [-0.15, -0.1) is 6.58 Å². The van der Waals surface area contributed by atoms with E-state index in [1.54, 1.807) is 14.2 Å². The molecule has 9 atom stereocenters. The van der Waals surface area contributed by atoms with Crippen molar-refractivity contribution in [2.75, 3.05) is 20.8 Å². The lowest BCUT2D eigenvalue weighted by atomic mass is 9.95. The Labute approximate surface area is 171 Å². The minimum Gasteiger partial charge on any atom is -0.394 e. The molecule has 0 radical (unpaired) electrons. The van der Waals surface area contributed by atoms with Gasteiger partial charge in [-0.1, -0.05) is 33.8 Å². The second kappa shape index (κ2) is 12.9. The molecule has 28 heavy (non-hydrogen) atoms. The van der Waals surface area contributed by atoms with Gasteiger partial charge in [0, 0.05) is 32.5 Å². The van der Waals surface area contributed by atoms with Gasteiger partial charge in [0.05, 0.1) is 49.3 Å². The molecule has 2 heterocycles. The maximum absolute atomic E-state index is 9.39. The fourth-order valence-electron chi connectivity index (χ4n) is 4.51. The zero-order valence-corrected chi connectivity index (χ0v) is 18.5. The Morgan fingerprint density at radius 1 is 0.929 bits per heavy atom. The van der Waals surface area contributed by atoms with E-state index in [2.05, 4.69) is 34.3 Å². The summed E-state index contributed by atoms with van der Waals surface area (Å²) in [6, 6.07) is 0.